The Morgan fingerprint density at radius 3 is 2.85 bits per heavy atom. The van der Waals surface area contributed by atoms with Crippen LogP contribution in [-0.2, 0) is 0 Å². The maximum absolute atomic E-state index is 10.9. The smallest absolute Gasteiger partial charge is 0.375 e. The molecule has 0 unspecified atom stereocenters. The molecule has 0 bridgehead atoms. The highest BCUT2D eigenvalue weighted by Crippen LogP contribution is 2.30. The lowest BCUT2D eigenvalue weighted by atomic mass is 10.1. The van der Waals surface area contributed by atoms with Gasteiger partial charge in [0.1, 0.15) is 0 Å². The van der Waals surface area contributed by atoms with Crippen LogP contribution in [0.4, 0.5) is 0 Å². The zero-order valence-corrected chi connectivity index (χ0v) is 12.1. The van der Waals surface area contributed by atoms with E-state index < -0.39 is 5.97 Å². The molecule has 0 atom stereocenters. The van der Waals surface area contributed by atoms with Gasteiger partial charge in [0.05, 0.1) is 10.7 Å². The van der Waals surface area contributed by atoms with E-state index in [9.17, 15) is 4.79 Å². The topological polar surface area (TPSA) is 80.4 Å². The van der Waals surface area contributed by atoms with Gasteiger partial charge in [0.2, 0.25) is 0 Å². The van der Waals surface area contributed by atoms with Gasteiger partial charge in [-0.3, -0.25) is 0 Å². The molecule has 2 heterocycles. The van der Waals surface area contributed by atoms with Crippen molar-refractivity contribution in [1.82, 2.24) is 19.6 Å². The van der Waals surface area contributed by atoms with Crippen LogP contribution in [-0.4, -0.2) is 30.7 Å². The first kappa shape index (κ1) is 13.0. The quantitative estimate of drug-likeness (QED) is 0.766. The van der Waals surface area contributed by atoms with Crippen molar-refractivity contribution >= 4 is 39.3 Å². The highest BCUT2D eigenvalue weighted by Gasteiger charge is 2.15. The van der Waals surface area contributed by atoms with Gasteiger partial charge in [-0.25, -0.2) is 9.78 Å². The minimum Gasteiger partial charge on any atom is -0.475 e. The molecule has 0 radical (unpaired) electrons. The fourth-order valence-electron chi connectivity index (χ4n) is 1.79. The summed E-state index contributed by atoms with van der Waals surface area (Å²) in [6.45, 7) is 0. The number of fused-ring (bicyclic) bond motifs is 1. The molecule has 0 fully saturated rings. The van der Waals surface area contributed by atoms with Crippen molar-refractivity contribution in [2.75, 3.05) is 0 Å². The van der Waals surface area contributed by atoms with Crippen molar-refractivity contribution in [3.05, 3.63) is 45.8 Å². The van der Waals surface area contributed by atoms with Crippen LogP contribution in [0.2, 0.25) is 5.02 Å². The van der Waals surface area contributed by atoms with E-state index in [4.69, 9.17) is 16.7 Å². The van der Waals surface area contributed by atoms with Crippen molar-refractivity contribution in [3.8, 4) is 11.3 Å². The zero-order valence-electron chi connectivity index (χ0n) is 9.79. The van der Waals surface area contributed by atoms with Gasteiger partial charge in [0, 0.05) is 16.2 Å². The fraction of sp³-hybridized carbons (Fsp3) is 0. The first-order valence-electron chi connectivity index (χ1n) is 5.47. The Hall–Kier alpha value is -1.99. The minimum atomic E-state index is -1.21. The molecular formula is C12H6BrClN4O2. The first-order chi connectivity index (χ1) is 9.56. The molecule has 0 aliphatic rings. The number of hydrogen-bond donors (Lipinski definition) is 1. The maximum Gasteiger partial charge on any atom is 0.375 e. The molecule has 100 valence electrons. The molecule has 0 aliphatic carbocycles. The number of rotatable bonds is 2. The van der Waals surface area contributed by atoms with E-state index in [1.165, 1.54) is 10.7 Å². The third kappa shape index (κ3) is 2.14. The Bertz CT molecular complexity index is 833. The molecule has 2 aromatic heterocycles. The van der Waals surface area contributed by atoms with Crippen LogP contribution in [0.1, 0.15) is 10.6 Å². The summed E-state index contributed by atoms with van der Waals surface area (Å²) < 4.78 is 2.21. The van der Waals surface area contributed by atoms with E-state index in [0.29, 0.717) is 16.3 Å². The summed E-state index contributed by atoms with van der Waals surface area (Å²) in [6, 6.07) is 7.09. The molecule has 1 N–H and O–H groups in total. The molecular weight excluding hydrogens is 348 g/mol. The molecule has 1 aromatic carbocycles. The van der Waals surface area contributed by atoms with E-state index in [1.54, 1.807) is 12.1 Å². The molecule has 0 saturated heterocycles. The zero-order chi connectivity index (χ0) is 14.3. The van der Waals surface area contributed by atoms with Crippen LogP contribution in [0, 0.1) is 0 Å². The second-order valence-electron chi connectivity index (χ2n) is 3.91. The van der Waals surface area contributed by atoms with E-state index in [2.05, 4.69) is 31.0 Å². The van der Waals surface area contributed by atoms with Crippen molar-refractivity contribution in [3.63, 3.8) is 0 Å². The van der Waals surface area contributed by atoms with Gasteiger partial charge in [-0.15, -0.1) is 5.10 Å². The fourth-order valence-corrected chi connectivity index (χ4v) is 2.56. The van der Waals surface area contributed by atoms with Gasteiger partial charge in [0.15, 0.2) is 0 Å². The minimum absolute atomic E-state index is 0.207. The number of carboxylic acid groups (broad SMARTS) is 1. The molecule has 6 nitrogen and oxygen atoms in total. The van der Waals surface area contributed by atoms with E-state index in [1.807, 2.05) is 12.1 Å². The average molecular weight is 354 g/mol. The molecule has 0 aliphatic heterocycles. The van der Waals surface area contributed by atoms with Crippen molar-refractivity contribution < 1.29 is 9.90 Å². The van der Waals surface area contributed by atoms with Crippen molar-refractivity contribution in [2.24, 2.45) is 0 Å². The van der Waals surface area contributed by atoms with E-state index in [0.717, 1.165) is 4.47 Å². The van der Waals surface area contributed by atoms with Gasteiger partial charge < -0.3 is 5.11 Å². The predicted octanol–water partition coefficient (Wildman–Crippen LogP) is 2.91. The summed E-state index contributed by atoms with van der Waals surface area (Å²) in [5.74, 6) is -1.31. The van der Waals surface area contributed by atoms with Crippen molar-refractivity contribution in [2.45, 2.75) is 0 Å². The standard InChI is InChI=1S/C12H6BrClN4O2/c13-6-1-2-7(8(14)5-6)9-3-4-15-12-16-10(11(19)20)17-18(9)12/h1-5H,(H,19,20). The lowest BCUT2D eigenvalue weighted by Crippen LogP contribution is -2.00. The van der Waals surface area contributed by atoms with Crippen molar-refractivity contribution in [1.29, 1.82) is 0 Å². The summed E-state index contributed by atoms with van der Waals surface area (Å²) in [4.78, 5) is 18.8. The Kier molecular flexibility index (Phi) is 3.15. The number of aromatic carboxylic acids is 1. The molecule has 20 heavy (non-hydrogen) atoms. The highest BCUT2D eigenvalue weighted by atomic mass is 79.9. The largest absolute Gasteiger partial charge is 0.475 e. The highest BCUT2D eigenvalue weighted by molar-refractivity contribution is 9.10. The molecule has 3 aromatic rings. The molecule has 3 rings (SSSR count). The molecule has 0 spiro atoms. The van der Waals surface area contributed by atoms with Gasteiger partial charge >= 0.3 is 5.97 Å². The van der Waals surface area contributed by atoms with E-state index >= 15 is 0 Å². The maximum atomic E-state index is 10.9. The number of nitrogens with zero attached hydrogens (tertiary/aromatic N) is 4. The van der Waals surface area contributed by atoms with Gasteiger partial charge in [-0.05, 0) is 18.2 Å². The summed E-state index contributed by atoms with van der Waals surface area (Å²) >= 11 is 9.54. The molecule has 0 saturated carbocycles. The summed E-state index contributed by atoms with van der Waals surface area (Å²) in [6.07, 6.45) is 1.53. The Balaban J connectivity index is 2.28. The van der Waals surface area contributed by atoms with Crippen LogP contribution in [0.25, 0.3) is 17.0 Å². The Morgan fingerprint density at radius 1 is 1.35 bits per heavy atom. The third-order valence-corrected chi connectivity index (χ3v) is 3.44. The van der Waals surface area contributed by atoms with Crippen LogP contribution < -0.4 is 0 Å². The van der Waals surface area contributed by atoms with Crippen LogP contribution >= 0.6 is 27.5 Å². The van der Waals surface area contributed by atoms with Crippen LogP contribution in [0.5, 0.6) is 0 Å². The van der Waals surface area contributed by atoms with Gasteiger partial charge in [-0.1, -0.05) is 33.6 Å². The van der Waals surface area contributed by atoms with E-state index in [-0.39, 0.29) is 11.6 Å². The number of aromatic nitrogens is 4. The third-order valence-electron chi connectivity index (χ3n) is 2.64. The average Bonchev–Trinajstić information content (AvgIpc) is 2.83. The lowest BCUT2D eigenvalue weighted by Gasteiger charge is -2.06. The summed E-state index contributed by atoms with van der Waals surface area (Å²) in [5, 5.41) is 13.4. The summed E-state index contributed by atoms with van der Waals surface area (Å²) in [7, 11) is 0. The number of benzene rings is 1. The monoisotopic (exact) mass is 352 g/mol. The second kappa shape index (κ2) is 4.84. The summed E-state index contributed by atoms with van der Waals surface area (Å²) in [5.41, 5.74) is 1.33. The SMILES string of the molecule is O=C(O)c1nc2nccc(-c3ccc(Br)cc3Cl)n2n1. The second-order valence-corrected chi connectivity index (χ2v) is 5.23. The number of halogens is 2. The number of hydrogen-bond acceptors (Lipinski definition) is 4. The lowest BCUT2D eigenvalue weighted by molar-refractivity contribution is 0.0684. The Morgan fingerprint density at radius 2 is 2.15 bits per heavy atom. The molecule has 8 heteroatoms. The number of carbonyl (C=O) groups is 1. The first-order valence-corrected chi connectivity index (χ1v) is 6.64. The molecule has 0 amide bonds. The van der Waals surface area contributed by atoms with Gasteiger partial charge in [0.25, 0.3) is 11.6 Å². The van der Waals surface area contributed by atoms with Crippen LogP contribution in [0.15, 0.2) is 34.9 Å². The van der Waals surface area contributed by atoms with Gasteiger partial charge in [-0.2, -0.15) is 9.50 Å². The Labute approximate surface area is 126 Å². The predicted molar refractivity (Wildman–Crippen MR) is 75.9 cm³/mol. The number of carboxylic acids is 1. The van der Waals surface area contributed by atoms with Crippen LogP contribution in [0.3, 0.4) is 0 Å². The normalized spacial score (nSPS) is 10.9.